The molecule has 0 heterocycles. The van der Waals surface area contributed by atoms with Crippen molar-refractivity contribution in [2.75, 3.05) is 19.8 Å². The molecule has 1 atom stereocenters. The number of rotatable bonds is 9. The number of nitrogens with one attached hydrogen (secondary N) is 1. The molecule has 1 rings (SSSR count). The van der Waals surface area contributed by atoms with E-state index in [0.29, 0.717) is 5.92 Å². The van der Waals surface area contributed by atoms with Crippen molar-refractivity contribution in [2.24, 2.45) is 17.8 Å². The van der Waals surface area contributed by atoms with Crippen molar-refractivity contribution in [3.63, 3.8) is 0 Å². The predicted octanol–water partition coefficient (Wildman–Crippen LogP) is 3.07. The van der Waals surface area contributed by atoms with Crippen molar-refractivity contribution in [1.29, 1.82) is 0 Å². The molecule has 2 nitrogen and oxygen atoms in total. The summed E-state index contributed by atoms with van der Waals surface area (Å²) in [5.74, 6) is 2.18. The molecular weight excluding hydrogens is 198 g/mol. The van der Waals surface area contributed by atoms with Crippen molar-refractivity contribution in [2.45, 2.75) is 53.0 Å². The molecule has 0 aromatic rings. The number of ether oxygens (including phenoxy) is 1. The first kappa shape index (κ1) is 14.0. The second-order valence-electron chi connectivity index (χ2n) is 5.94. The van der Waals surface area contributed by atoms with Crippen molar-refractivity contribution in [3.05, 3.63) is 0 Å². The quantitative estimate of drug-likeness (QED) is 0.611. The van der Waals surface area contributed by atoms with E-state index in [1.807, 2.05) is 0 Å². The maximum absolute atomic E-state index is 5.67. The highest BCUT2D eigenvalue weighted by Crippen LogP contribution is 2.21. The fourth-order valence-electron chi connectivity index (χ4n) is 1.83. The minimum Gasteiger partial charge on any atom is -0.381 e. The van der Waals surface area contributed by atoms with Crippen LogP contribution < -0.4 is 5.32 Å². The fraction of sp³-hybridized carbons (Fsp3) is 1.00. The van der Waals surface area contributed by atoms with E-state index in [4.69, 9.17) is 4.74 Å². The Bertz CT molecular complexity index is 176. The molecule has 1 fully saturated rings. The molecule has 1 unspecified atom stereocenters. The van der Waals surface area contributed by atoms with E-state index < -0.39 is 0 Å². The van der Waals surface area contributed by atoms with Crippen LogP contribution in [0.4, 0.5) is 0 Å². The standard InChI is InChI=1S/C14H29NO/c1-11(2)10-16-8-7-13(12(3)4)9-15-14-5-6-14/h11-15H,5-10H2,1-4H3. The Hall–Kier alpha value is -0.0800. The zero-order valence-electron chi connectivity index (χ0n) is 11.5. The largest absolute Gasteiger partial charge is 0.381 e. The lowest BCUT2D eigenvalue weighted by molar-refractivity contribution is 0.0920. The van der Waals surface area contributed by atoms with Gasteiger partial charge in [0.15, 0.2) is 0 Å². The molecule has 1 N–H and O–H groups in total. The van der Waals surface area contributed by atoms with E-state index in [0.717, 1.165) is 31.1 Å². The van der Waals surface area contributed by atoms with Crippen LogP contribution in [0.25, 0.3) is 0 Å². The Kier molecular flexibility index (Phi) is 6.37. The van der Waals surface area contributed by atoms with Crippen molar-refractivity contribution in [1.82, 2.24) is 5.32 Å². The summed E-state index contributed by atoms with van der Waals surface area (Å²) >= 11 is 0. The van der Waals surface area contributed by atoms with E-state index in [2.05, 4.69) is 33.0 Å². The SMILES string of the molecule is CC(C)COCCC(CNC1CC1)C(C)C. The molecule has 0 bridgehead atoms. The topological polar surface area (TPSA) is 21.3 Å². The third-order valence-corrected chi connectivity index (χ3v) is 3.27. The highest BCUT2D eigenvalue weighted by molar-refractivity contribution is 4.82. The van der Waals surface area contributed by atoms with Gasteiger partial charge in [-0.15, -0.1) is 0 Å². The molecule has 0 aromatic heterocycles. The first-order chi connectivity index (χ1) is 7.59. The van der Waals surface area contributed by atoms with Crippen LogP contribution in [0.5, 0.6) is 0 Å². The molecule has 2 heteroatoms. The molecule has 96 valence electrons. The first-order valence-corrected chi connectivity index (χ1v) is 6.90. The molecule has 16 heavy (non-hydrogen) atoms. The van der Waals surface area contributed by atoms with Gasteiger partial charge in [-0.2, -0.15) is 0 Å². The van der Waals surface area contributed by atoms with Crippen molar-refractivity contribution < 1.29 is 4.74 Å². The maximum atomic E-state index is 5.67. The Balaban J connectivity index is 2.06. The third kappa shape index (κ3) is 6.49. The summed E-state index contributed by atoms with van der Waals surface area (Å²) in [4.78, 5) is 0. The summed E-state index contributed by atoms with van der Waals surface area (Å²) in [6.07, 6.45) is 3.97. The van der Waals surface area contributed by atoms with Gasteiger partial charge in [0.2, 0.25) is 0 Å². The minimum atomic E-state index is 0.655. The van der Waals surface area contributed by atoms with Gasteiger partial charge >= 0.3 is 0 Å². The number of hydrogen-bond acceptors (Lipinski definition) is 2. The van der Waals surface area contributed by atoms with Gasteiger partial charge in [-0.1, -0.05) is 27.7 Å². The summed E-state index contributed by atoms with van der Waals surface area (Å²) in [6, 6.07) is 0.831. The maximum Gasteiger partial charge on any atom is 0.0488 e. The van der Waals surface area contributed by atoms with Gasteiger partial charge in [-0.3, -0.25) is 0 Å². The highest BCUT2D eigenvalue weighted by atomic mass is 16.5. The molecule has 0 aromatic carbocycles. The Morgan fingerprint density at radius 3 is 2.38 bits per heavy atom. The van der Waals surface area contributed by atoms with Gasteiger partial charge in [0, 0.05) is 19.3 Å². The Morgan fingerprint density at radius 2 is 1.88 bits per heavy atom. The smallest absolute Gasteiger partial charge is 0.0488 e. The number of hydrogen-bond donors (Lipinski definition) is 1. The lowest BCUT2D eigenvalue weighted by Gasteiger charge is -2.21. The van der Waals surface area contributed by atoms with Crippen LogP contribution in [0.1, 0.15) is 47.0 Å². The van der Waals surface area contributed by atoms with Crippen LogP contribution in [0.3, 0.4) is 0 Å². The molecule has 1 saturated carbocycles. The summed E-state index contributed by atoms with van der Waals surface area (Å²) in [5, 5.41) is 3.63. The van der Waals surface area contributed by atoms with E-state index in [-0.39, 0.29) is 0 Å². The molecular formula is C14H29NO. The van der Waals surface area contributed by atoms with Gasteiger partial charge in [-0.25, -0.2) is 0 Å². The predicted molar refractivity (Wildman–Crippen MR) is 69.6 cm³/mol. The van der Waals surface area contributed by atoms with Crippen molar-refractivity contribution >= 4 is 0 Å². The van der Waals surface area contributed by atoms with Crippen LogP contribution in [0.2, 0.25) is 0 Å². The van der Waals surface area contributed by atoms with Crippen LogP contribution >= 0.6 is 0 Å². The normalized spacial score (nSPS) is 18.4. The second-order valence-corrected chi connectivity index (χ2v) is 5.94. The van der Waals surface area contributed by atoms with E-state index >= 15 is 0 Å². The molecule has 0 radical (unpaired) electrons. The molecule has 0 aliphatic heterocycles. The summed E-state index contributed by atoms with van der Waals surface area (Å²) in [7, 11) is 0. The molecule has 1 aliphatic carbocycles. The van der Waals surface area contributed by atoms with Crippen LogP contribution in [-0.4, -0.2) is 25.8 Å². The lowest BCUT2D eigenvalue weighted by Crippen LogP contribution is -2.28. The summed E-state index contributed by atoms with van der Waals surface area (Å²) in [5.41, 5.74) is 0. The first-order valence-electron chi connectivity index (χ1n) is 6.90. The van der Waals surface area contributed by atoms with Gasteiger partial charge in [0.1, 0.15) is 0 Å². The zero-order chi connectivity index (χ0) is 12.0. The highest BCUT2D eigenvalue weighted by Gasteiger charge is 2.22. The minimum absolute atomic E-state index is 0.655. The average molecular weight is 227 g/mol. The van der Waals surface area contributed by atoms with Crippen LogP contribution in [0.15, 0.2) is 0 Å². The van der Waals surface area contributed by atoms with Crippen LogP contribution in [0, 0.1) is 17.8 Å². The third-order valence-electron chi connectivity index (χ3n) is 3.27. The second kappa shape index (κ2) is 7.29. The molecule has 1 aliphatic rings. The van der Waals surface area contributed by atoms with Gasteiger partial charge in [0.25, 0.3) is 0 Å². The Morgan fingerprint density at radius 1 is 1.19 bits per heavy atom. The van der Waals surface area contributed by atoms with Gasteiger partial charge in [0.05, 0.1) is 0 Å². The molecule has 0 saturated heterocycles. The average Bonchev–Trinajstić information content (AvgIpc) is 2.99. The van der Waals surface area contributed by atoms with E-state index in [1.54, 1.807) is 0 Å². The monoisotopic (exact) mass is 227 g/mol. The molecule has 0 amide bonds. The van der Waals surface area contributed by atoms with E-state index in [9.17, 15) is 0 Å². The van der Waals surface area contributed by atoms with Crippen molar-refractivity contribution in [3.8, 4) is 0 Å². The molecule has 0 spiro atoms. The van der Waals surface area contributed by atoms with Crippen LogP contribution in [-0.2, 0) is 4.74 Å². The zero-order valence-corrected chi connectivity index (χ0v) is 11.5. The lowest BCUT2D eigenvalue weighted by atomic mass is 9.93. The summed E-state index contributed by atoms with van der Waals surface area (Å²) < 4.78 is 5.67. The summed E-state index contributed by atoms with van der Waals surface area (Å²) in [6.45, 7) is 12.0. The van der Waals surface area contributed by atoms with Gasteiger partial charge < -0.3 is 10.1 Å². The Labute approximate surface area is 101 Å². The van der Waals surface area contributed by atoms with E-state index in [1.165, 1.54) is 25.8 Å². The van der Waals surface area contributed by atoms with Gasteiger partial charge in [-0.05, 0) is 43.6 Å². The fourth-order valence-corrected chi connectivity index (χ4v) is 1.83.